The summed E-state index contributed by atoms with van der Waals surface area (Å²) in [6.07, 6.45) is 0.981. The van der Waals surface area contributed by atoms with Gasteiger partial charge in [-0.25, -0.2) is 8.42 Å². The number of sulfonamides is 1. The van der Waals surface area contributed by atoms with E-state index in [9.17, 15) is 8.42 Å². The first kappa shape index (κ1) is 17.9. The molecule has 4 nitrogen and oxygen atoms in total. The molecule has 1 atom stereocenters. The lowest BCUT2D eigenvalue weighted by Crippen LogP contribution is -2.35. The number of rotatable bonds is 7. The highest BCUT2D eigenvalue weighted by Gasteiger charge is 2.22. The third-order valence-electron chi connectivity index (χ3n) is 2.82. The SMILES string of the molecule is CCCNCC(C)S(=O)(=O)Nc1c(Br)cc(C)cc1Br. The van der Waals surface area contributed by atoms with E-state index < -0.39 is 15.3 Å². The van der Waals surface area contributed by atoms with E-state index >= 15 is 0 Å². The number of nitrogens with one attached hydrogen (secondary N) is 2. The van der Waals surface area contributed by atoms with Crippen molar-refractivity contribution in [2.45, 2.75) is 32.4 Å². The van der Waals surface area contributed by atoms with Crippen molar-refractivity contribution < 1.29 is 8.42 Å². The Morgan fingerprint density at radius 3 is 2.30 bits per heavy atom. The van der Waals surface area contributed by atoms with Gasteiger partial charge in [0.2, 0.25) is 10.0 Å². The van der Waals surface area contributed by atoms with Crippen LogP contribution in [0.2, 0.25) is 0 Å². The van der Waals surface area contributed by atoms with Crippen molar-refractivity contribution in [3.8, 4) is 0 Å². The van der Waals surface area contributed by atoms with Gasteiger partial charge in [0, 0.05) is 15.5 Å². The molecule has 0 fully saturated rings. The molecule has 2 N–H and O–H groups in total. The minimum Gasteiger partial charge on any atom is -0.315 e. The highest BCUT2D eigenvalue weighted by Crippen LogP contribution is 2.33. The lowest BCUT2D eigenvalue weighted by molar-refractivity contribution is 0.575. The van der Waals surface area contributed by atoms with Gasteiger partial charge in [0.1, 0.15) is 0 Å². The Morgan fingerprint density at radius 1 is 1.25 bits per heavy atom. The second-order valence-electron chi connectivity index (χ2n) is 4.77. The molecule has 0 heterocycles. The number of halogens is 2. The van der Waals surface area contributed by atoms with Gasteiger partial charge in [-0.15, -0.1) is 0 Å². The Morgan fingerprint density at radius 2 is 1.80 bits per heavy atom. The molecule has 1 unspecified atom stereocenters. The number of hydrogen-bond acceptors (Lipinski definition) is 3. The predicted molar refractivity (Wildman–Crippen MR) is 91.7 cm³/mol. The zero-order valence-corrected chi connectivity index (χ0v) is 15.8. The molecular formula is C13H20Br2N2O2S. The Balaban J connectivity index is 2.86. The Hall–Kier alpha value is -0.110. The van der Waals surface area contributed by atoms with Crippen LogP contribution in [0.5, 0.6) is 0 Å². The quantitative estimate of drug-likeness (QED) is 0.653. The summed E-state index contributed by atoms with van der Waals surface area (Å²) < 4.78 is 28.7. The molecule has 20 heavy (non-hydrogen) atoms. The van der Waals surface area contributed by atoms with E-state index in [-0.39, 0.29) is 0 Å². The van der Waals surface area contributed by atoms with Crippen LogP contribution in [0.1, 0.15) is 25.8 Å². The fourth-order valence-corrected chi connectivity index (χ4v) is 4.55. The van der Waals surface area contributed by atoms with Crippen LogP contribution in [0.25, 0.3) is 0 Å². The number of aryl methyl sites for hydroxylation is 1. The van der Waals surface area contributed by atoms with Gasteiger partial charge in [0.25, 0.3) is 0 Å². The number of hydrogen-bond donors (Lipinski definition) is 2. The summed E-state index contributed by atoms with van der Waals surface area (Å²) in [5.74, 6) is 0. The van der Waals surface area contributed by atoms with Gasteiger partial charge in [0.15, 0.2) is 0 Å². The lowest BCUT2D eigenvalue weighted by Gasteiger charge is -2.17. The molecule has 0 amide bonds. The van der Waals surface area contributed by atoms with Crippen LogP contribution in [-0.4, -0.2) is 26.8 Å². The molecule has 114 valence electrons. The molecule has 1 aromatic rings. The van der Waals surface area contributed by atoms with Crippen molar-refractivity contribution in [1.82, 2.24) is 5.32 Å². The Labute approximate surface area is 138 Å². The maximum Gasteiger partial charge on any atom is 0.236 e. The minimum atomic E-state index is -3.42. The summed E-state index contributed by atoms with van der Waals surface area (Å²) in [6.45, 7) is 6.94. The molecule has 0 aromatic heterocycles. The van der Waals surface area contributed by atoms with E-state index in [2.05, 4.69) is 41.9 Å². The molecule has 0 saturated heterocycles. The van der Waals surface area contributed by atoms with Crippen molar-refractivity contribution >= 4 is 47.6 Å². The maximum atomic E-state index is 12.3. The molecule has 0 aliphatic heterocycles. The van der Waals surface area contributed by atoms with Crippen molar-refractivity contribution in [3.05, 3.63) is 26.6 Å². The third kappa shape index (κ3) is 5.02. The Kier molecular flexibility index (Phi) is 6.97. The summed E-state index contributed by atoms with van der Waals surface area (Å²) in [5.41, 5.74) is 1.59. The highest BCUT2D eigenvalue weighted by atomic mass is 79.9. The van der Waals surface area contributed by atoms with E-state index in [4.69, 9.17) is 0 Å². The van der Waals surface area contributed by atoms with Crippen molar-refractivity contribution in [1.29, 1.82) is 0 Å². The van der Waals surface area contributed by atoms with Gasteiger partial charge in [-0.2, -0.15) is 0 Å². The second-order valence-corrected chi connectivity index (χ2v) is 8.57. The minimum absolute atomic E-state index is 0.435. The molecule has 0 bridgehead atoms. The van der Waals surface area contributed by atoms with Crippen LogP contribution in [0.3, 0.4) is 0 Å². The summed E-state index contributed by atoms with van der Waals surface area (Å²) in [6, 6.07) is 3.76. The number of anilines is 1. The first-order chi connectivity index (χ1) is 9.27. The average molecular weight is 428 g/mol. The average Bonchev–Trinajstić information content (AvgIpc) is 2.34. The molecular weight excluding hydrogens is 408 g/mol. The highest BCUT2D eigenvalue weighted by molar-refractivity contribution is 9.11. The summed E-state index contributed by atoms with van der Waals surface area (Å²) in [5, 5.41) is 2.62. The normalized spacial score (nSPS) is 13.2. The molecule has 1 aromatic carbocycles. The molecule has 0 radical (unpaired) electrons. The second kappa shape index (κ2) is 7.77. The van der Waals surface area contributed by atoms with Crippen molar-refractivity contribution in [2.24, 2.45) is 0 Å². The van der Waals surface area contributed by atoms with E-state index in [0.717, 1.165) is 27.5 Å². The maximum absolute atomic E-state index is 12.3. The molecule has 0 saturated carbocycles. The smallest absolute Gasteiger partial charge is 0.236 e. The monoisotopic (exact) mass is 426 g/mol. The predicted octanol–water partition coefficient (Wildman–Crippen LogP) is 3.65. The lowest BCUT2D eigenvalue weighted by atomic mass is 10.2. The number of benzene rings is 1. The fraction of sp³-hybridized carbons (Fsp3) is 0.538. The zero-order chi connectivity index (χ0) is 15.3. The zero-order valence-electron chi connectivity index (χ0n) is 11.8. The fourth-order valence-electron chi connectivity index (χ4n) is 1.63. The van der Waals surface area contributed by atoms with Crippen LogP contribution in [0.4, 0.5) is 5.69 Å². The van der Waals surface area contributed by atoms with Crippen LogP contribution in [-0.2, 0) is 10.0 Å². The third-order valence-corrected chi connectivity index (χ3v) is 5.78. The van der Waals surface area contributed by atoms with Crippen molar-refractivity contribution in [2.75, 3.05) is 17.8 Å². The Bertz CT molecular complexity index is 538. The first-order valence-corrected chi connectivity index (χ1v) is 9.59. The van der Waals surface area contributed by atoms with Gasteiger partial charge in [-0.3, -0.25) is 4.72 Å². The van der Waals surface area contributed by atoms with Crippen molar-refractivity contribution in [3.63, 3.8) is 0 Å². The van der Waals surface area contributed by atoms with Crippen LogP contribution >= 0.6 is 31.9 Å². The van der Waals surface area contributed by atoms with E-state index in [1.165, 1.54) is 0 Å². The topological polar surface area (TPSA) is 58.2 Å². The van der Waals surface area contributed by atoms with E-state index in [1.807, 2.05) is 26.0 Å². The van der Waals surface area contributed by atoms with Gasteiger partial charge >= 0.3 is 0 Å². The van der Waals surface area contributed by atoms with Gasteiger partial charge in [-0.1, -0.05) is 6.92 Å². The van der Waals surface area contributed by atoms with Crippen LogP contribution in [0.15, 0.2) is 21.1 Å². The summed E-state index contributed by atoms with van der Waals surface area (Å²) >= 11 is 6.78. The molecule has 1 rings (SSSR count). The largest absolute Gasteiger partial charge is 0.315 e. The van der Waals surface area contributed by atoms with E-state index in [1.54, 1.807) is 6.92 Å². The summed E-state index contributed by atoms with van der Waals surface area (Å²) in [7, 11) is -3.42. The molecule has 0 spiro atoms. The van der Waals surface area contributed by atoms with Gasteiger partial charge in [0.05, 0.1) is 10.9 Å². The molecule has 7 heteroatoms. The first-order valence-electron chi connectivity index (χ1n) is 6.46. The van der Waals surface area contributed by atoms with Gasteiger partial charge < -0.3 is 5.32 Å². The molecule has 0 aliphatic carbocycles. The van der Waals surface area contributed by atoms with Gasteiger partial charge in [-0.05, 0) is 76.4 Å². The van der Waals surface area contributed by atoms with Crippen LogP contribution in [0, 0.1) is 6.92 Å². The van der Waals surface area contributed by atoms with E-state index in [0.29, 0.717) is 12.2 Å². The standard InChI is InChI=1S/C13H20Br2N2O2S/c1-4-5-16-8-10(3)20(18,19)17-13-11(14)6-9(2)7-12(13)15/h6-7,10,16-17H,4-5,8H2,1-3H3. The molecule has 0 aliphatic rings. The summed E-state index contributed by atoms with van der Waals surface area (Å²) in [4.78, 5) is 0. The van der Waals surface area contributed by atoms with Crippen LogP contribution < -0.4 is 10.0 Å².